The zero-order valence-electron chi connectivity index (χ0n) is 12.0. The van der Waals surface area contributed by atoms with E-state index in [-0.39, 0.29) is 22.9 Å². The van der Waals surface area contributed by atoms with E-state index in [9.17, 15) is 9.59 Å². The Morgan fingerprint density at radius 2 is 2.43 bits per heavy atom. The highest BCUT2D eigenvalue weighted by atomic mass is 32.2. The van der Waals surface area contributed by atoms with Crippen molar-refractivity contribution in [2.24, 2.45) is 0 Å². The lowest BCUT2D eigenvalue weighted by molar-refractivity contribution is -0.141. The smallest absolute Gasteiger partial charge is 0.327 e. The molecule has 1 aliphatic heterocycles. The molecule has 2 heterocycles. The normalized spacial score (nSPS) is 20.5. The van der Waals surface area contributed by atoms with Crippen LogP contribution in [0, 0.1) is 0 Å². The summed E-state index contributed by atoms with van der Waals surface area (Å²) in [5.41, 5.74) is 1.08. The third-order valence-corrected chi connectivity index (χ3v) is 4.26. The van der Waals surface area contributed by atoms with Crippen LogP contribution in [0.2, 0.25) is 0 Å². The fourth-order valence-corrected chi connectivity index (χ4v) is 3.04. The molecule has 1 aliphatic rings. The van der Waals surface area contributed by atoms with Crippen LogP contribution in [-0.2, 0) is 20.9 Å². The van der Waals surface area contributed by atoms with Crippen molar-refractivity contribution in [3.63, 3.8) is 0 Å². The maximum atomic E-state index is 11.3. The number of nitrogens with one attached hydrogen (secondary N) is 1. The summed E-state index contributed by atoms with van der Waals surface area (Å²) in [5.74, 6) is 0.213. The molecule has 21 heavy (non-hydrogen) atoms. The summed E-state index contributed by atoms with van der Waals surface area (Å²) in [6, 6.07) is 0. The van der Waals surface area contributed by atoms with Gasteiger partial charge in [-0.3, -0.25) is 9.59 Å². The minimum absolute atomic E-state index is 0.0214. The number of hydrogen-bond acceptors (Lipinski definition) is 7. The van der Waals surface area contributed by atoms with E-state index in [1.165, 1.54) is 29.9 Å². The van der Waals surface area contributed by atoms with E-state index >= 15 is 0 Å². The van der Waals surface area contributed by atoms with Gasteiger partial charge in [0.1, 0.15) is 12.9 Å². The van der Waals surface area contributed by atoms with Crippen molar-refractivity contribution < 1.29 is 14.3 Å². The summed E-state index contributed by atoms with van der Waals surface area (Å²) >= 11 is 1.33. The van der Waals surface area contributed by atoms with Crippen LogP contribution in [0.15, 0.2) is 11.9 Å². The van der Waals surface area contributed by atoms with E-state index in [0.717, 1.165) is 18.5 Å². The molecule has 0 radical (unpaired) electrons. The number of piperidine rings is 1. The van der Waals surface area contributed by atoms with Crippen LogP contribution in [0.5, 0.6) is 0 Å². The Hall–Kier alpha value is -1.67. The number of aromatic nitrogens is 3. The van der Waals surface area contributed by atoms with Gasteiger partial charge in [-0.1, -0.05) is 11.8 Å². The van der Waals surface area contributed by atoms with Crippen LogP contribution >= 0.6 is 11.8 Å². The first-order chi connectivity index (χ1) is 10.1. The molecule has 1 atom stereocenters. The second-order valence-electron chi connectivity index (χ2n) is 4.63. The van der Waals surface area contributed by atoms with Crippen molar-refractivity contribution in [1.29, 1.82) is 0 Å². The SMILES string of the molecule is COC(=O)Cn1ncnc1C=C1CNCCC1SC(C)=O. The molecule has 1 aromatic heterocycles. The molecule has 1 aromatic rings. The van der Waals surface area contributed by atoms with Crippen LogP contribution in [0.1, 0.15) is 19.2 Å². The van der Waals surface area contributed by atoms with Crippen LogP contribution in [0.3, 0.4) is 0 Å². The largest absolute Gasteiger partial charge is 0.468 e. The molecule has 0 amide bonds. The predicted octanol–water partition coefficient (Wildman–Crippen LogP) is 0.476. The monoisotopic (exact) mass is 310 g/mol. The van der Waals surface area contributed by atoms with Gasteiger partial charge in [0, 0.05) is 18.7 Å². The van der Waals surface area contributed by atoms with E-state index in [1.54, 1.807) is 6.92 Å². The highest BCUT2D eigenvalue weighted by Crippen LogP contribution is 2.26. The maximum absolute atomic E-state index is 11.3. The molecule has 8 heteroatoms. The van der Waals surface area contributed by atoms with Crippen molar-refractivity contribution in [2.75, 3.05) is 20.2 Å². The third-order valence-electron chi connectivity index (χ3n) is 3.10. The van der Waals surface area contributed by atoms with Crippen molar-refractivity contribution in [1.82, 2.24) is 20.1 Å². The van der Waals surface area contributed by atoms with Gasteiger partial charge in [0.15, 0.2) is 10.9 Å². The number of rotatable bonds is 4. The van der Waals surface area contributed by atoms with Crippen LogP contribution in [0.4, 0.5) is 0 Å². The molecule has 0 aliphatic carbocycles. The minimum atomic E-state index is -0.378. The molecule has 1 N–H and O–H groups in total. The van der Waals surface area contributed by atoms with E-state index in [4.69, 9.17) is 0 Å². The lowest BCUT2D eigenvalue weighted by Gasteiger charge is -2.24. The van der Waals surface area contributed by atoms with Crippen LogP contribution in [-0.4, -0.2) is 51.3 Å². The van der Waals surface area contributed by atoms with E-state index in [1.807, 2.05) is 6.08 Å². The van der Waals surface area contributed by atoms with Crippen LogP contribution in [0.25, 0.3) is 6.08 Å². The minimum Gasteiger partial charge on any atom is -0.468 e. The third kappa shape index (κ3) is 4.40. The van der Waals surface area contributed by atoms with Crippen molar-refractivity contribution in [3.8, 4) is 0 Å². The first kappa shape index (κ1) is 15.7. The van der Waals surface area contributed by atoms with Gasteiger partial charge in [0.05, 0.1) is 7.11 Å². The zero-order chi connectivity index (χ0) is 15.2. The Kier molecular flexibility index (Phi) is 5.51. The van der Waals surface area contributed by atoms with Gasteiger partial charge in [0.2, 0.25) is 0 Å². The summed E-state index contributed by atoms with van der Waals surface area (Å²) < 4.78 is 6.12. The number of hydrogen-bond donors (Lipinski definition) is 1. The molecule has 0 aromatic carbocycles. The average molecular weight is 310 g/mol. The zero-order valence-corrected chi connectivity index (χ0v) is 12.9. The fraction of sp³-hybridized carbons (Fsp3) is 0.538. The second-order valence-corrected chi connectivity index (χ2v) is 6.01. The number of carbonyl (C=O) groups is 2. The molecule has 2 rings (SSSR count). The van der Waals surface area contributed by atoms with Crippen molar-refractivity contribution >= 4 is 28.9 Å². The summed E-state index contributed by atoms with van der Waals surface area (Å²) in [6.07, 6.45) is 4.18. The molecule has 0 saturated carbocycles. The van der Waals surface area contributed by atoms with Gasteiger partial charge in [-0.25, -0.2) is 9.67 Å². The van der Waals surface area contributed by atoms with Gasteiger partial charge in [-0.2, -0.15) is 5.10 Å². The Balaban J connectivity index is 2.18. The average Bonchev–Trinajstić information content (AvgIpc) is 2.87. The molecular formula is C13H18N4O3S. The highest BCUT2D eigenvalue weighted by Gasteiger charge is 2.21. The first-order valence-corrected chi connectivity index (χ1v) is 7.51. The van der Waals surface area contributed by atoms with Crippen molar-refractivity contribution in [3.05, 3.63) is 17.7 Å². The quantitative estimate of drug-likeness (QED) is 0.809. The van der Waals surface area contributed by atoms with Gasteiger partial charge < -0.3 is 10.1 Å². The number of esters is 1. The number of nitrogens with zero attached hydrogens (tertiary/aromatic N) is 3. The van der Waals surface area contributed by atoms with Crippen LogP contribution < -0.4 is 5.32 Å². The van der Waals surface area contributed by atoms with E-state index in [2.05, 4.69) is 20.1 Å². The van der Waals surface area contributed by atoms with E-state index in [0.29, 0.717) is 12.4 Å². The van der Waals surface area contributed by atoms with E-state index < -0.39 is 0 Å². The second kappa shape index (κ2) is 7.37. The standard InChI is InChI=1S/C13H18N4O3S/c1-9(18)21-11-3-4-14-6-10(11)5-12-15-8-16-17(12)7-13(19)20-2/h5,8,11,14H,3-4,6-7H2,1-2H3. The lowest BCUT2D eigenvalue weighted by atomic mass is 10.1. The number of ether oxygens (including phenoxy) is 1. The van der Waals surface area contributed by atoms with Gasteiger partial charge in [-0.15, -0.1) is 0 Å². The maximum Gasteiger partial charge on any atom is 0.327 e. The predicted molar refractivity (Wildman–Crippen MR) is 79.6 cm³/mol. The summed E-state index contributed by atoms with van der Waals surface area (Å²) in [7, 11) is 1.34. The molecule has 1 unspecified atom stereocenters. The fourth-order valence-electron chi connectivity index (χ4n) is 2.10. The Labute approximate surface area is 127 Å². The number of methoxy groups -OCH3 is 1. The highest BCUT2D eigenvalue weighted by molar-refractivity contribution is 8.14. The summed E-state index contributed by atoms with van der Waals surface area (Å²) in [4.78, 5) is 26.8. The summed E-state index contributed by atoms with van der Waals surface area (Å²) in [6.45, 7) is 3.19. The van der Waals surface area contributed by atoms with Gasteiger partial charge in [-0.05, 0) is 24.6 Å². The molecule has 7 nitrogen and oxygen atoms in total. The lowest BCUT2D eigenvalue weighted by Crippen LogP contribution is -2.32. The van der Waals surface area contributed by atoms with Gasteiger partial charge >= 0.3 is 5.97 Å². The molecule has 1 saturated heterocycles. The first-order valence-electron chi connectivity index (χ1n) is 6.63. The number of carbonyl (C=O) groups excluding carboxylic acids is 2. The summed E-state index contributed by atoms with van der Waals surface area (Å²) in [5, 5.41) is 7.55. The molecule has 114 valence electrons. The Bertz CT molecular complexity index is 555. The Morgan fingerprint density at radius 1 is 1.62 bits per heavy atom. The molecule has 0 bridgehead atoms. The van der Waals surface area contributed by atoms with Gasteiger partial charge in [0.25, 0.3) is 0 Å². The molecular weight excluding hydrogens is 292 g/mol. The van der Waals surface area contributed by atoms with Crippen molar-refractivity contribution in [2.45, 2.75) is 25.1 Å². The topological polar surface area (TPSA) is 86.1 Å². The molecule has 0 spiro atoms. The number of thioether (sulfide) groups is 1. The Morgan fingerprint density at radius 3 is 3.14 bits per heavy atom. The molecule has 1 fully saturated rings.